The van der Waals surface area contributed by atoms with Crippen LogP contribution in [0.3, 0.4) is 0 Å². The van der Waals surface area contributed by atoms with Gasteiger partial charge in [0.15, 0.2) is 0 Å². The SMILES string of the molecule is CCCCCCCC(=O)N(CCOC)Cc1cccc(OS(=O)(=O)c2cccc(C(F)(F)F)c2)c1. The van der Waals surface area contributed by atoms with Gasteiger partial charge in [0.05, 0.1) is 12.2 Å². The third-order valence-corrected chi connectivity index (χ3v) is 6.58. The molecule has 2 aromatic rings. The number of nitrogens with zero attached hydrogens (tertiary/aromatic N) is 1. The highest BCUT2D eigenvalue weighted by Gasteiger charge is 2.32. The lowest BCUT2D eigenvalue weighted by Crippen LogP contribution is -2.33. The highest BCUT2D eigenvalue weighted by molar-refractivity contribution is 7.87. The fourth-order valence-corrected chi connectivity index (χ4v) is 4.42. The summed E-state index contributed by atoms with van der Waals surface area (Å²) >= 11 is 0. The maximum Gasteiger partial charge on any atom is 0.416 e. The predicted molar refractivity (Wildman–Crippen MR) is 126 cm³/mol. The van der Waals surface area contributed by atoms with Gasteiger partial charge in [-0.25, -0.2) is 0 Å². The topological polar surface area (TPSA) is 72.9 Å². The van der Waals surface area contributed by atoms with Crippen LogP contribution < -0.4 is 4.18 Å². The molecule has 35 heavy (non-hydrogen) atoms. The van der Waals surface area contributed by atoms with E-state index in [2.05, 4.69) is 6.92 Å². The van der Waals surface area contributed by atoms with E-state index in [4.69, 9.17) is 8.92 Å². The van der Waals surface area contributed by atoms with E-state index in [0.717, 1.165) is 50.3 Å². The first-order valence-corrected chi connectivity index (χ1v) is 12.9. The maximum atomic E-state index is 13.0. The molecule has 10 heteroatoms. The minimum atomic E-state index is -4.68. The van der Waals surface area contributed by atoms with Crippen molar-refractivity contribution in [2.24, 2.45) is 0 Å². The average Bonchev–Trinajstić information content (AvgIpc) is 2.81. The molecule has 0 fully saturated rings. The molecule has 0 aliphatic heterocycles. The smallest absolute Gasteiger partial charge is 0.383 e. The van der Waals surface area contributed by atoms with Gasteiger partial charge in [-0.05, 0) is 42.3 Å². The minimum absolute atomic E-state index is 0.0264. The molecule has 0 heterocycles. The van der Waals surface area contributed by atoms with Gasteiger partial charge in [0.1, 0.15) is 10.6 Å². The van der Waals surface area contributed by atoms with E-state index in [0.29, 0.717) is 31.2 Å². The number of alkyl halides is 3. The Morgan fingerprint density at radius 2 is 1.71 bits per heavy atom. The molecule has 0 atom stereocenters. The van der Waals surface area contributed by atoms with Crippen molar-refractivity contribution in [1.29, 1.82) is 0 Å². The van der Waals surface area contributed by atoms with Crippen molar-refractivity contribution in [2.45, 2.75) is 63.1 Å². The zero-order valence-corrected chi connectivity index (χ0v) is 20.8. The Bertz CT molecular complexity index is 1060. The highest BCUT2D eigenvalue weighted by Crippen LogP contribution is 2.31. The zero-order chi connectivity index (χ0) is 25.9. The number of hydrogen-bond acceptors (Lipinski definition) is 5. The number of carbonyl (C=O) groups excluding carboxylic acids is 1. The van der Waals surface area contributed by atoms with Crippen molar-refractivity contribution >= 4 is 16.0 Å². The number of unbranched alkanes of at least 4 members (excludes halogenated alkanes) is 4. The number of benzene rings is 2. The second kappa shape index (κ2) is 13.5. The molecule has 0 spiro atoms. The summed E-state index contributed by atoms with van der Waals surface area (Å²) in [5, 5.41) is 0. The molecule has 6 nitrogen and oxygen atoms in total. The highest BCUT2D eigenvalue weighted by atomic mass is 32.2. The maximum absolute atomic E-state index is 13.0. The molecular formula is C25H32F3NO5S. The van der Waals surface area contributed by atoms with Gasteiger partial charge in [-0.3, -0.25) is 4.79 Å². The summed E-state index contributed by atoms with van der Waals surface area (Å²) in [4.78, 5) is 13.8. The quantitative estimate of drug-likeness (QED) is 0.235. The van der Waals surface area contributed by atoms with Crippen LogP contribution in [0.2, 0.25) is 0 Å². The monoisotopic (exact) mass is 515 g/mol. The van der Waals surface area contributed by atoms with Crippen LogP contribution in [0, 0.1) is 0 Å². The van der Waals surface area contributed by atoms with E-state index < -0.39 is 26.8 Å². The Labute approximate surface area is 205 Å². The second-order valence-electron chi connectivity index (χ2n) is 8.18. The van der Waals surface area contributed by atoms with Crippen molar-refractivity contribution in [2.75, 3.05) is 20.3 Å². The minimum Gasteiger partial charge on any atom is -0.383 e. The van der Waals surface area contributed by atoms with E-state index in [-0.39, 0.29) is 18.2 Å². The van der Waals surface area contributed by atoms with Gasteiger partial charge in [0.25, 0.3) is 0 Å². The average molecular weight is 516 g/mol. The first-order valence-electron chi connectivity index (χ1n) is 11.5. The fraction of sp³-hybridized carbons (Fsp3) is 0.480. The Kier molecular flexibility index (Phi) is 11.0. The second-order valence-corrected chi connectivity index (χ2v) is 9.73. The van der Waals surface area contributed by atoms with Crippen LogP contribution >= 0.6 is 0 Å². The standard InChI is InChI=1S/C25H32F3NO5S/c1-3-4-5-6-7-14-24(30)29(15-16-33-2)19-20-10-8-12-22(17-20)34-35(31,32)23-13-9-11-21(18-23)25(26,27)28/h8-13,17-18H,3-7,14-16,19H2,1-2H3. The summed E-state index contributed by atoms with van der Waals surface area (Å²) in [5.41, 5.74) is -0.463. The Morgan fingerprint density at radius 3 is 2.40 bits per heavy atom. The molecule has 0 unspecified atom stereocenters. The molecule has 0 N–H and O–H groups in total. The van der Waals surface area contributed by atoms with Gasteiger partial charge < -0.3 is 13.8 Å². The summed E-state index contributed by atoms with van der Waals surface area (Å²) in [6.07, 6.45) is 0.845. The zero-order valence-electron chi connectivity index (χ0n) is 20.0. The summed E-state index contributed by atoms with van der Waals surface area (Å²) < 4.78 is 74.3. The summed E-state index contributed by atoms with van der Waals surface area (Å²) in [6, 6.07) is 9.51. The van der Waals surface area contributed by atoms with Crippen molar-refractivity contribution < 1.29 is 35.3 Å². The van der Waals surface area contributed by atoms with E-state index in [1.807, 2.05) is 0 Å². The Morgan fingerprint density at radius 1 is 1.00 bits per heavy atom. The van der Waals surface area contributed by atoms with Crippen LogP contribution in [-0.2, 0) is 32.4 Å². The van der Waals surface area contributed by atoms with Crippen molar-refractivity contribution in [3.05, 3.63) is 59.7 Å². The predicted octanol–water partition coefficient (Wildman–Crippen LogP) is 5.81. The number of ether oxygens (including phenoxy) is 1. The molecule has 2 aromatic carbocycles. The van der Waals surface area contributed by atoms with Crippen LogP contribution in [0.1, 0.15) is 56.6 Å². The normalized spacial score (nSPS) is 11.9. The first kappa shape index (κ1) is 28.6. The number of carbonyl (C=O) groups is 1. The van der Waals surface area contributed by atoms with Gasteiger partial charge >= 0.3 is 16.3 Å². The van der Waals surface area contributed by atoms with E-state index in [1.54, 1.807) is 24.1 Å². The lowest BCUT2D eigenvalue weighted by Gasteiger charge is -2.23. The van der Waals surface area contributed by atoms with Gasteiger partial charge in [0.2, 0.25) is 5.91 Å². The molecule has 0 saturated carbocycles. The van der Waals surface area contributed by atoms with Gasteiger partial charge in [-0.2, -0.15) is 21.6 Å². The largest absolute Gasteiger partial charge is 0.416 e. The van der Waals surface area contributed by atoms with Crippen LogP contribution in [0.5, 0.6) is 5.75 Å². The third-order valence-electron chi connectivity index (χ3n) is 5.34. The molecular weight excluding hydrogens is 483 g/mol. The Balaban J connectivity index is 2.11. The molecule has 1 amide bonds. The summed E-state index contributed by atoms with van der Waals surface area (Å²) in [5.74, 6) is -0.0833. The summed E-state index contributed by atoms with van der Waals surface area (Å²) in [6.45, 7) is 3.07. The van der Waals surface area contributed by atoms with Crippen molar-refractivity contribution in [1.82, 2.24) is 4.90 Å². The molecule has 0 bridgehead atoms. The molecule has 0 aromatic heterocycles. The lowest BCUT2D eigenvalue weighted by atomic mass is 10.1. The molecule has 194 valence electrons. The Hall–Kier alpha value is -2.59. The molecule has 0 saturated heterocycles. The van der Waals surface area contributed by atoms with Crippen molar-refractivity contribution in [3.8, 4) is 5.75 Å². The van der Waals surface area contributed by atoms with Crippen LogP contribution in [-0.4, -0.2) is 39.5 Å². The number of hydrogen-bond donors (Lipinski definition) is 0. The molecule has 0 aliphatic carbocycles. The lowest BCUT2D eigenvalue weighted by molar-refractivity contribution is -0.137. The third kappa shape index (κ3) is 9.52. The summed E-state index contributed by atoms with van der Waals surface area (Å²) in [7, 11) is -2.95. The van der Waals surface area contributed by atoms with Crippen LogP contribution in [0.15, 0.2) is 53.4 Å². The van der Waals surface area contributed by atoms with Crippen LogP contribution in [0.25, 0.3) is 0 Å². The number of halogens is 3. The number of amides is 1. The van der Waals surface area contributed by atoms with E-state index >= 15 is 0 Å². The van der Waals surface area contributed by atoms with E-state index in [1.165, 1.54) is 12.1 Å². The van der Waals surface area contributed by atoms with Gasteiger partial charge in [-0.15, -0.1) is 0 Å². The van der Waals surface area contributed by atoms with Gasteiger partial charge in [-0.1, -0.05) is 50.8 Å². The van der Waals surface area contributed by atoms with Gasteiger partial charge in [0, 0.05) is 26.6 Å². The number of methoxy groups -OCH3 is 1. The molecule has 0 aliphatic rings. The molecule has 2 rings (SSSR count). The van der Waals surface area contributed by atoms with Crippen LogP contribution in [0.4, 0.5) is 13.2 Å². The van der Waals surface area contributed by atoms with E-state index in [9.17, 15) is 26.4 Å². The van der Waals surface area contributed by atoms with Crippen molar-refractivity contribution in [3.63, 3.8) is 0 Å². The number of rotatable bonds is 14. The molecule has 0 radical (unpaired) electrons. The first-order chi connectivity index (χ1) is 16.6. The fourth-order valence-electron chi connectivity index (χ4n) is 3.45.